The Morgan fingerprint density at radius 1 is 1.29 bits per heavy atom. The molecule has 78 valence electrons. The summed E-state index contributed by atoms with van der Waals surface area (Å²) >= 11 is 0. The lowest BCUT2D eigenvalue weighted by Crippen LogP contribution is -2.07. The molecular formula is C12H19NO. The second-order valence-corrected chi connectivity index (χ2v) is 3.26. The van der Waals surface area contributed by atoms with E-state index >= 15 is 0 Å². The third-order valence-corrected chi connectivity index (χ3v) is 2.21. The molecule has 0 aliphatic carbocycles. The van der Waals surface area contributed by atoms with Gasteiger partial charge in [0.25, 0.3) is 0 Å². The minimum Gasteiger partial charge on any atom is -0.494 e. The first-order valence-corrected chi connectivity index (χ1v) is 5.21. The van der Waals surface area contributed by atoms with Gasteiger partial charge < -0.3 is 10.1 Å². The van der Waals surface area contributed by atoms with Crippen LogP contribution in [0.4, 0.5) is 0 Å². The zero-order valence-electron chi connectivity index (χ0n) is 9.26. The zero-order chi connectivity index (χ0) is 10.4. The molecule has 0 unspecified atom stereocenters. The standard InChI is InChI=1S/C12H19NO/c1-4-10-6-7-11(9-13-3)12(8-10)14-5-2/h6-8,13H,4-5,9H2,1-3H3. The van der Waals surface area contributed by atoms with Crippen LogP contribution in [-0.2, 0) is 13.0 Å². The van der Waals surface area contributed by atoms with Crippen molar-refractivity contribution >= 4 is 0 Å². The lowest BCUT2D eigenvalue weighted by molar-refractivity contribution is 0.335. The third kappa shape index (κ3) is 2.74. The van der Waals surface area contributed by atoms with Gasteiger partial charge in [-0.3, -0.25) is 0 Å². The van der Waals surface area contributed by atoms with Crippen molar-refractivity contribution in [3.8, 4) is 5.75 Å². The van der Waals surface area contributed by atoms with Gasteiger partial charge in [0, 0.05) is 12.1 Å². The minimum atomic E-state index is 0.726. The quantitative estimate of drug-likeness (QED) is 0.775. The first-order chi connectivity index (χ1) is 6.81. The summed E-state index contributed by atoms with van der Waals surface area (Å²) in [6, 6.07) is 6.44. The maximum absolute atomic E-state index is 5.59. The number of hydrogen-bond donors (Lipinski definition) is 1. The molecule has 0 saturated carbocycles. The molecule has 0 saturated heterocycles. The van der Waals surface area contributed by atoms with Crippen molar-refractivity contribution in [2.45, 2.75) is 26.8 Å². The number of nitrogens with one attached hydrogen (secondary N) is 1. The Bertz CT molecular complexity index is 284. The van der Waals surface area contributed by atoms with Crippen LogP contribution in [0.15, 0.2) is 18.2 Å². The van der Waals surface area contributed by atoms with Gasteiger partial charge in [0.15, 0.2) is 0 Å². The highest BCUT2D eigenvalue weighted by atomic mass is 16.5. The van der Waals surface area contributed by atoms with Crippen LogP contribution in [0.5, 0.6) is 5.75 Å². The number of ether oxygens (including phenoxy) is 1. The van der Waals surface area contributed by atoms with E-state index in [-0.39, 0.29) is 0 Å². The van der Waals surface area contributed by atoms with Crippen molar-refractivity contribution in [3.05, 3.63) is 29.3 Å². The molecule has 0 aliphatic rings. The van der Waals surface area contributed by atoms with E-state index in [0.29, 0.717) is 0 Å². The molecule has 0 aliphatic heterocycles. The minimum absolute atomic E-state index is 0.726. The number of hydrogen-bond acceptors (Lipinski definition) is 2. The smallest absolute Gasteiger partial charge is 0.124 e. The fraction of sp³-hybridized carbons (Fsp3) is 0.500. The van der Waals surface area contributed by atoms with Gasteiger partial charge in [0.2, 0.25) is 0 Å². The Hall–Kier alpha value is -1.02. The van der Waals surface area contributed by atoms with E-state index in [1.165, 1.54) is 11.1 Å². The average Bonchev–Trinajstić information content (AvgIpc) is 2.21. The summed E-state index contributed by atoms with van der Waals surface area (Å²) in [7, 11) is 1.95. The third-order valence-electron chi connectivity index (χ3n) is 2.21. The Kier molecular flexibility index (Phi) is 4.47. The zero-order valence-corrected chi connectivity index (χ0v) is 9.26. The van der Waals surface area contributed by atoms with Crippen LogP contribution < -0.4 is 10.1 Å². The summed E-state index contributed by atoms with van der Waals surface area (Å²) in [5.74, 6) is 1.02. The molecule has 1 aromatic rings. The largest absolute Gasteiger partial charge is 0.494 e. The van der Waals surface area contributed by atoms with Crippen molar-refractivity contribution in [1.82, 2.24) is 5.32 Å². The first kappa shape index (κ1) is 11.1. The molecule has 0 atom stereocenters. The highest BCUT2D eigenvalue weighted by Crippen LogP contribution is 2.20. The molecule has 1 rings (SSSR count). The number of rotatable bonds is 5. The molecular weight excluding hydrogens is 174 g/mol. The maximum Gasteiger partial charge on any atom is 0.124 e. The molecule has 1 aromatic carbocycles. The molecule has 2 nitrogen and oxygen atoms in total. The van der Waals surface area contributed by atoms with Gasteiger partial charge >= 0.3 is 0 Å². The van der Waals surface area contributed by atoms with Gasteiger partial charge in [-0.1, -0.05) is 19.1 Å². The molecule has 0 radical (unpaired) electrons. The van der Waals surface area contributed by atoms with E-state index < -0.39 is 0 Å². The van der Waals surface area contributed by atoms with Crippen molar-refractivity contribution in [3.63, 3.8) is 0 Å². The number of benzene rings is 1. The predicted molar refractivity (Wildman–Crippen MR) is 59.8 cm³/mol. The topological polar surface area (TPSA) is 21.3 Å². The predicted octanol–water partition coefficient (Wildman–Crippen LogP) is 2.37. The summed E-state index contributed by atoms with van der Waals surface area (Å²) < 4.78 is 5.59. The van der Waals surface area contributed by atoms with Crippen LogP contribution in [0.25, 0.3) is 0 Å². The molecule has 2 heteroatoms. The summed E-state index contributed by atoms with van der Waals surface area (Å²) in [5, 5.41) is 3.14. The molecule has 0 fully saturated rings. The number of aryl methyl sites for hydroxylation is 1. The van der Waals surface area contributed by atoms with Crippen LogP contribution in [-0.4, -0.2) is 13.7 Å². The van der Waals surface area contributed by atoms with Crippen molar-refractivity contribution in [2.75, 3.05) is 13.7 Å². The molecule has 14 heavy (non-hydrogen) atoms. The van der Waals surface area contributed by atoms with Crippen LogP contribution >= 0.6 is 0 Å². The van der Waals surface area contributed by atoms with Gasteiger partial charge in [-0.05, 0) is 32.0 Å². The van der Waals surface area contributed by atoms with Crippen molar-refractivity contribution < 1.29 is 4.74 Å². The average molecular weight is 193 g/mol. The van der Waals surface area contributed by atoms with Crippen LogP contribution in [0, 0.1) is 0 Å². The lowest BCUT2D eigenvalue weighted by atomic mass is 10.1. The van der Waals surface area contributed by atoms with E-state index in [2.05, 4.69) is 30.4 Å². The highest BCUT2D eigenvalue weighted by molar-refractivity contribution is 5.37. The fourth-order valence-corrected chi connectivity index (χ4v) is 1.45. The molecule has 1 N–H and O–H groups in total. The second-order valence-electron chi connectivity index (χ2n) is 3.26. The highest BCUT2D eigenvalue weighted by Gasteiger charge is 2.02. The molecule has 0 heterocycles. The van der Waals surface area contributed by atoms with Crippen LogP contribution in [0.3, 0.4) is 0 Å². The second kappa shape index (κ2) is 5.66. The maximum atomic E-state index is 5.59. The monoisotopic (exact) mass is 193 g/mol. The Balaban J connectivity index is 2.91. The normalized spacial score (nSPS) is 10.2. The lowest BCUT2D eigenvalue weighted by Gasteiger charge is -2.11. The Morgan fingerprint density at radius 3 is 2.64 bits per heavy atom. The summed E-state index contributed by atoms with van der Waals surface area (Å²) in [6.45, 7) is 5.76. The van der Waals surface area contributed by atoms with Gasteiger partial charge in [0.1, 0.15) is 5.75 Å². The van der Waals surface area contributed by atoms with Gasteiger partial charge in [-0.15, -0.1) is 0 Å². The van der Waals surface area contributed by atoms with E-state index in [4.69, 9.17) is 4.74 Å². The van der Waals surface area contributed by atoms with Gasteiger partial charge in [0.05, 0.1) is 6.61 Å². The molecule has 0 amide bonds. The van der Waals surface area contributed by atoms with Gasteiger partial charge in [-0.25, -0.2) is 0 Å². The SMILES string of the molecule is CCOc1cc(CC)ccc1CNC. The van der Waals surface area contributed by atoms with Crippen molar-refractivity contribution in [1.29, 1.82) is 0 Å². The molecule has 0 bridgehead atoms. The first-order valence-electron chi connectivity index (χ1n) is 5.21. The summed E-state index contributed by atoms with van der Waals surface area (Å²) in [4.78, 5) is 0. The van der Waals surface area contributed by atoms with E-state index in [0.717, 1.165) is 25.3 Å². The van der Waals surface area contributed by atoms with Crippen LogP contribution in [0.2, 0.25) is 0 Å². The van der Waals surface area contributed by atoms with Gasteiger partial charge in [-0.2, -0.15) is 0 Å². The Morgan fingerprint density at radius 2 is 2.07 bits per heavy atom. The van der Waals surface area contributed by atoms with Crippen LogP contribution in [0.1, 0.15) is 25.0 Å². The fourth-order valence-electron chi connectivity index (χ4n) is 1.45. The van der Waals surface area contributed by atoms with Crippen molar-refractivity contribution in [2.24, 2.45) is 0 Å². The van der Waals surface area contributed by atoms with E-state index in [1.807, 2.05) is 14.0 Å². The molecule has 0 aromatic heterocycles. The summed E-state index contributed by atoms with van der Waals surface area (Å²) in [6.07, 6.45) is 1.06. The van der Waals surface area contributed by atoms with E-state index in [1.54, 1.807) is 0 Å². The summed E-state index contributed by atoms with van der Waals surface area (Å²) in [5.41, 5.74) is 2.56. The van der Waals surface area contributed by atoms with E-state index in [9.17, 15) is 0 Å². The Labute approximate surface area is 86.3 Å². The molecule has 0 spiro atoms.